The maximum Gasteiger partial charge on any atom is 0.375 e. The van der Waals surface area contributed by atoms with E-state index in [1.807, 2.05) is 18.2 Å². The Balaban J connectivity index is 1.80. The number of fused-ring (bicyclic) bond motifs is 1. The Morgan fingerprint density at radius 3 is 2.58 bits per heavy atom. The molecular formula is C19H15ClO4. The molecule has 1 unspecified atom stereocenters. The smallest absolute Gasteiger partial charge is 0.375 e. The third-order valence-electron chi connectivity index (χ3n) is 3.79. The molecule has 0 aliphatic heterocycles. The van der Waals surface area contributed by atoms with Gasteiger partial charge in [0.25, 0.3) is 0 Å². The van der Waals surface area contributed by atoms with Crippen LogP contribution in [0.15, 0.2) is 52.9 Å². The monoisotopic (exact) mass is 342 g/mol. The molecule has 122 valence electrons. The van der Waals surface area contributed by atoms with Crippen molar-refractivity contribution >= 4 is 34.3 Å². The summed E-state index contributed by atoms with van der Waals surface area (Å²) >= 11 is 5.89. The van der Waals surface area contributed by atoms with Gasteiger partial charge in [-0.1, -0.05) is 41.9 Å². The summed E-state index contributed by atoms with van der Waals surface area (Å²) in [6, 6.07) is 13.9. The predicted octanol–water partition coefficient (Wildman–Crippen LogP) is 4.82. The van der Waals surface area contributed by atoms with Gasteiger partial charge >= 0.3 is 5.97 Å². The summed E-state index contributed by atoms with van der Waals surface area (Å²) in [6.07, 6.45) is -0.941. The van der Waals surface area contributed by atoms with Crippen molar-refractivity contribution in [2.75, 3.05) is 0 Å². The second-order valence-electron chi connectivity index (χ2n) is 5.47. The normalized spacial score (nSPS) is 12.1. The minimum absolute atomic E-state index is 0.113. The fourth-order valence-corrected chi connectivity index (χ4v) is 2.70. The van der Waals surface area contributed by atoms with Crippen LogP contribution in [0.5, 0.6) is 0 Å². The van der Waals surface area contributed by atoms with E-state index < -0.39 is 12.1 Å². The van der Waals surface area contributed by atoms with Gasteiger partial charge in [-0.25, -0.2) is 4.79 Å². The molecule has 1 atom stereocenters. The molecule has 0 fully saturated rings. The molecule has 1 heterocycles. The average molecular weight is 343 g/mol. The topological polar surface area (TPSA) is 56.5 Å². The summed E-state index contributed by atoms with van der Waals surface area (Å²) in [5.74, 6) is -0.867. The zero-order valence-electron chi connectivity index (χ0n) is 13.2. The zero-order chi connectivity index (χ0) is 17.3. The molecule has 24 heavy (non-hydrogen) atoms. The summed E-state index contributed by atoms with van der Waals surface area (Å²) in [5, 5.41) is 1.30. The van der Waals surface area contributed by atoms with E-state index >= 15 is 0 Å². The van der Waals surface area contributed by atoms with Crippen LogP contribution in [0.1, 0.15) is 33.4 Å². The van der Waals surface area contributed by atoms with Gasteiger partial charge in [0, 0.05) is 21.5 Å². The lowest BCUT2D eigenvalue weighted by molar-refractivity contribution is 0.0290. The third kappa shape index (κ3) is 3.05. The zero-order valence-corrected chi connectivity index (χ0v) is 14.0. The number of Topliss-reactive ketones (excluding diaryl/α,β-unsaturated/α-hetero) is 1. The minimum Gasteiger partial charge on any atom is -0.449 e. The molecule has 4 nitrogen and oxygen atoms in total. The first-order valence-electron chi connectivity index (χ1n) is 7.46. The maximum atomic E-state index is 12.4. The molecule has 0 radical (unpaired) electrons. The van der Waals surface area contributed by atoms with Crippen molar-refractivity contribution in [2.45, 2.75) is 20.0 Å². The highest BCUT2D eigenvalue weighted by Crippen LogP contribution is 2.26. The largest absolute Gasteiger partial charge is 0.449 e. The number of para-hydroxylation sites is 1. The van der Waals surface area contributed by atoms with Crippen LogP contribution in [-0.2, 0) is 4.74 Å². The van der Waals surface area contributed by atoms with E-state index in [1.165, 1.54) is 6.92 Å². The van der Waals surface area contributed by atoms with E-state index in [-0.39, 0.29) is 11.5 Å². The van der Waals surface area contributed by atoms with Crippen molar-refractivity contribution in [3.05, 3.63) is 70.4 Å². The van der Waals surface area contributed by atoms with Gasteiger partial charge in [-0.15, -0.1) is 0 Å². The number of carbonyl (C=O) groups excluding carboxylic acids is 2. The fourth-order valence-electron chi connectivity index (χ4n) is 2.51. The van der Waals surface area contributed by atoms with Crippen LogP contribution in [0.4, 0.5) is 0 Å². The molecule has 0 saturated heterocycles. The molecule has 3 aromatic rings. The van der Waals surface area contributed by atoms with Crippen LogP contribution < -0.4 is 0 Å². The minimum atomic E-state index is -0.941. The molecule has 1 aromatic heterocycles. The number of rotatable bonds is 4. The Bertz CT molecular complexity index is 926. The number of aryl methyl sites for hydroxylation is 1. The molecule has 0 aliphatic carbocycles. The number of furan rings is 1. The highest BCUT2D eigenvalue weighted by atomic mass is 35.5. The van der Waals surface area contributed by atoms with Crippen molar-refractivity contribution in [2.24, 2.45) is 0 Å². The van der Waals surface area contributed by atoms with Crippen molar-refractivity contribution < 1.29 is 18.7 Å². The first-order chi connectivity index (χ1) is 11.5. The van der Waals surface area contributed by atoms with Crippen LogP contribution in [0, 0.1) is 6.92 Å². The van der Waals surface area contributed by atoms with Crippen LogP contribution in [-0.4, -0.2) is 17.9 Å². The summed E-state index contributed by atoms with van der Waals surface area (Å²) in [4.78, 5) is 24.7. The van der Waals surface area contributed by atoms with Crippen LogP contribution >= 0.6 is 11.6 Å². The number of carbonyl (C=O) groups is 2. The van der Waals surface area contributed by atoms with Crippen molar-refractivity contribution in [1.29, 1.82) is 0 Å². The van der Waals surface area contributed by atoms with Gasteiger partial charge < -0.3 is 9.15 Å². The van der Waals surface area contributed by atoms with Gasteiger partial charge in [-0.05, 0) is 32.0 Å². The number of halogens is 1. The molecule has 3 rings (SSSR count). The first kappa shape index (κ1) is 16.3. The van der Waals surface area contributed by atoms with Gasteiger partial charge in [0.2, 0.25) is 11.5 Å². The Kier molecular flexibility index (Phi) is 4.40. The predicted molar refractivity (Wildman–Crippen MR) is 91.6 cm³/mol. The molecular weight excluding hydrogens is 328 g/mol. The van der Waals surface area contributed by atoms with Gasteiger partial charge in [-0.2, -0.15) is 0 Å². The number of hydrogen-bond donors (Lipinski definition) is 0. The van der Waals surface area contributed by atoms with E-state index in [2.05, 4.69) is 0 Å². The van der Waals surface area contributed by atoms with E-state index in [0.717, 1.165) is 5.39 Å². The van der Waals surface area contributed by atoms with E-state index in [9.17, 15) is 9.59 Å². The fraction of sp³-hybridized carbons (Fsp3) is 0.158. The van der Waals surface area contributed by atoms with Crippen molar-refractivity contribution in [3.63, 3.8) is 0 Å². The lowest BCUT2D eigenvalue weighted by Crippen LogP contribution is -2.24. The maximum absolute atomic E-state index is 12.4. The van der Waals surface area contributed by atoms with Crippen LogP contribution in [0.2, 0.25) is 5.02 Å². The van der Waals surface area contributed by atoms with E-state index in [1.54, 1.807) is 37.3 Å². The Morgan fingerprint density at radius 2 is 1.88 bits per heavy atom. The molecule has 0 saturated carbocycles. The average Bonchev–Trinajstić information content (AvgIpc) is 2.91. The molecule has 0 spiro atoms. The number of ether oxygens (including phenoxy) is 1. The Morgan fingerprint density at radius 1 is 1.12 bits per heavy atom. The molecule has 5 heteroatoms. The molecule has 0 N–H and O–H groups in total. The summed E-state index contributed by atoms with van der Waals surface area (Å²) < 4.78 is 10.8. The highest BCUT2D eigenvalue weighted by Gasteiger charge is 2.24. The summed E-state index contributed by atoms with van der Waals surface area (Å²) in [6.45, 7) is 3.31. The summed E-state index contributed by atoms with van der Waals surface area (Å²) in [7, 11) is 0. The molecule has 0 bridgehead atoms. The van der Waals surface area contributed by atoms with Crippen molar-refractivity contribution in [1.82, 2.24) is 0 Å². The number of esters is 1. The second kappa shape index (κ2) is 6.49. The van der Waals surface area contributed by atoms with Gasteiger partial charge in [-0.3, -0.25) is 4.79 Å². The van der Waals surface area contributed by atoms with Crippen LogP contribution in [0.25, 0.3) is 11.0 Å². The lowest BCUT2D eigenvalue weighted by atomic mass is 10.1. The standard InChI is InChI=1S/C19H15ClO4/c1-11-15-8-3-4-9-16(15)24-18(11)19(22)23-12(2)17(21)13-6-5-7-14(20)10-13/h3-10,12H,1-2H3. The molecule has 2 aromatic carbocycles. The first-order valence-corrected chi connectivity index (χ1v) is 7.84. The highest BCUT2D eigenvalue weighted by molar-refractivity contribution is 6.31. The Hall–Kier alpha value is -2.59. The van der Waals surface area contributed by atoms with Gasteiger partial charge in [0.05, 0.1) is 0 Å². The number of hydrogen-bond acceptors (Lipinski definition) is 4. The quantitative estimate of drug-likeness (QED) is 0.503. The van der Waals surface area contributed by atoms with Crippen LogP contribution in [0.3, 0.4) is 0 Å². The van der Waals surface area contributed by atoms with Gasteiger partial charge in [0.15, 0.2) is 6.10 Å². The van der Waals surface area contributed by atoms with Gasteiger partial charge in [0.1, 0.15) is 5.58 Å². The van der Waals surface area contributed by atoms with E-state index in [4.69, 9.17) is 20.8 Å². The third-order valence-corrected chi connectivity index (χ3v) is 4.03. The SMILES string of the molecule is Cc1c(C(=O)OC(C)C(=O)c2cccc(Cl)c2)oc2ccccc12. The number of ketones is 1. The second-order valence-corrected chi connectivity index (χ2v) is 5.91. The van der Waals surface area contributed by atoms with E-state index in [0.29, 0.717) is 21.7 Å². The lowest BCUT2D eigenvalue weighted by Gasteiger charge is -2.11. The van der Waals surface area contributed by atoms with Crippen molar-refractivity contribution in [3.8, 4) is 0 Å². The summed E-state index contributed by atoms with van der Waals surface area (Å²) in [5.41, 5.74) is 1.69. The Labute approximate surface area is 144 Å². The molecule has 0 aliphatic rings. The number of benzene rings is 2. The molecule has 0 amide bonds.